The van der Waals surface area contributed by atoms with E-state index in [4.69, 9.17) is 9.52 Å². The fourth-order valence-electron chi connectivity index (χ4n) is 1.51. The van der Waals surface area contributed by atoms with Crippen molar-refractivity contribution in [3.8, 4) is 0 Å². The molecule has 0 aromatic carbocycles. The van der Waals surface area contributed by atoms with Crippen molar-refractivity contribution in [1.29, 1.82) is 0 Å². The van der Waals surface area contributed by atoms with E-state index in [1.165, 1.54) is 0 Å². The summed E-state index contributed by atoms with van der Waals surface area (Å²) in [5, 5.41) is 9.09. The van der Waals surface area contributed by atoms with E-state index in [2.05, 4.69) is 4.72 Å². The summed E-state index contributed by atoms with van der Waals surface area (Å²) >= 11 is 0. The lowest BCUT2D eigenvalue weighted by Gasteiger charge is -2.04. The van der Waals surface area contributed by atoms with Gasteiger partial charge in [-0.2, -0.15) is 0 Å². The van der Waals surface area contributed by atoms with E-state index in [1.807, 2.05) is 0 Å². The van der Waals surface area contributed by atoms with Crippen LogP contribution >= 0.6 is 0 Å². The first-order chi connectivity index (χ1) is 6.94. The maximum atomic E-state index is 11.8. The molecule has 0 amide bonds. The number of furan rings is 1. The van der Waals surface area contributed by atoms with Crippen LogP contribution < -0.4 is 4.72 Å². The smallest absolute Gasteiger partial charge is 0.244 e. The lowest BCUT2D eigenvalue weighted by molar-refractivity contribution is 0.276. The quantitative estimate of drug-likeness (QED) is 0.801. The van der Waals surface area contributed by atoms with Gasteiger partial charge >= 0.3 is 0 Å². The van der Waals surface area contributed by atoms with Gasteiger partial charge in [-0.05, 0) is 13.8 Å². The molecule has 1 aromatic heterocycles. The molecular formula is C9H15NO4S. The van der Waals surface area contributed by atoms with Crippen LogP contribution in [0.5, 0.6) is 0 Å². The molecule has 6 heteroatoms. The summed E-state index contributed by atoms with van der Waals surface area (Å²) in [6, 6.07) is 0. The van der Waals surface area contributed by atoms with E-state index in [-0.39, 0.29) is 11.5 Å². The third-order valence-electron chi connectivity index (χ3n) is 2.09. The van der Waals surface area contributed by atoms with Crippen molar-refractivity contribution in [2.24, 2.45) is 0 Å². The van der Waals surface area contributed by atoms with Gasteiger partial charge in [0.2, 0.25) is 10.0 Å². The Hall–Kier alpha value is -0.850. The molecule has 2 N–H and O–H groups in total. The van der Waals surface area contributed by atoms with Gasteiger partial charge < -0.3 is 9.52 Å². The number of aliphatic hydroxyl groups is 1. The largest absolute Gasteiger partial charge is 0.465 e. The molecule has 0 fully saturated rings. The van der Waals surface area contributed by atoms with Gasteiger partial charge in [0, 0.05) is 12.1 Å². The summed E-state index contributed by atoms with van der Waals surface area (Å²) in [6.07, 6.45) is 0. The molecule has 15 heavy (non-hydrogen) atoms. The van der Waals surface area contributed by atoms with Crippen LogP contribution in [0.1, 0.15) is 24.0 Å². The minimum absolute atomic E-state index is 0.0596. The van der Waals surface area contributed by atoms with E-state index >= 15 is 0 Å². The van der Waals surface area contributed by atoms with Crippen LogP contribution in [0.25, 0.3) is 0 Å². The standard InChI is InChI=1S/C9H15NO4S/c1-4-10-15(12,13)9-7(3)14-6(2)8(9)5-11/h10-11H,4-5H2,1-3H3. The van der Waals surface area contributed by atoms with Crippen LogP contribution in [-0.4, -0.2) is 20.1 Å². The maximum Gasteiger partial charge on any atom is 0.244 e. The molecule has 0 bridgehead atoms. The highest BCUT2D eigenvalue weighted by atomic mass is 32.2. The Labute approximate surface area is 89.2 Å². The lowest BCUT2D eigenvalue weighted by Crippen LogP contribution is -2.24. The van der Waals surface area contributed by atoms with Gasteiger partial charge in [-0.25, -0.2) is 13.1 Å². The lowest BCUT2D eigenvalue weighted by atomic mass is 10.2. The Morgan fingerprint density at radius 1 is 1.33 bits per heavy atom. The summed E-state index contributed by atoms with van der Waals surface area (Å²) < 4.78 is 31.1. The fourth-order valence-corrected chi connectivity index (χ4v) is 2.98. The molecule has 0 aliphatic heterocycles. The topological polar surface area (TPSA) is 79.5 Å². The highest BCUT2D eigenvalue weighted by molar-refractivity contribution is 7.89. The molecule has 1 heterocycles. The van der Waals surface area contributed by atoms with E-state index in [0.717, 1.165) is 0 Å². The van der Waals surface area contributed by atoms with Crippen molar-refractivity contribution in [3.63, 3.8) is 0 Å². The zero-order chi connectivity index (χ0) is 11.6. The SMILES string of the molecule is CCNS(=O)(=O)c1c(C)oc(C)c1CO. The van der Waals surface area contributed by atoms with Crippen LogP contribution in [0.3, 0.4) is 0 Å². The summed E-state index contributed by atoms with van der Waals surface area (Å²) in [5.74, 6) is 0.740. The normalized spacial score (nSPS) is 12.0. The number of aryl methyl sites for hydroxylation is 2. The molecule has 1 aromatic rings. The predicted octanol–water partition coefficient (Wildman–Crippen LogP) is 0.687. The fraction of sp³-hybridized carbons (Fsp3) is 0.556. The monoisotopic (exact) mass is 233 g/mol. The molecule has 1 rings (SSSR count). The van der Waals surface area contributed by atoms with E-state index < -0.39 is 10.0 Å². The minimum Gasteiger partial charge on any atom is -0.465 e. The Morgan fingerprint density at radius 2 is 1.93 bits per heavy atom. The zero-order valence-electron chi connectivity index (χ0n) is 8.99. The van der Waals surface area contributed by atoms with Crippen LogP contribution in [0.2, 0.25) is 0 Å². The highest BCUT2D eigenvalue weighted by Gasteiger charge is 2.25. The van der Waals surface area contributed by atoms with Gasteiger partial charge in [0.05, 0.1) is 6.61 Å². The molecule has 0 saturated heterocycles. The number of rotatable bonds is 4. The first-order valence-corrected chi connectivity index (χ1v) is 6.11. The third kappa shape index (κ3) is 2.22. The van der Waals surface area contributed by atoms with Gasteiger partial charge in [-0.1, -0.05) is 6.92 Å². The number of hydrogen-bond acceptors (Lipinski definition) is 4. The van der Waals surface area contributed by atoms with Gasteiger partial charge in [-0.3, -0.25) is 0 Å². The molecule has 0 saturated carbocycles. The van der Waals surface area contributed by atoms with Crippen molar-refractivity contribution in [2.45, 2.75) is 32.3 Å². The Bertz CT molecular complexity index is 447. The molecule has 0 radical (unpaired) electrons. The average molecular weight is 233 g/mol. The molecule has 5 nitrogen and oxygen atoms in total. The highest BCUT2D eigenvalue weighted by Crippen LogP contribution is 2.26. The zero-order valence-corrected chi connectivity index (χ0v) is 9.81. The van der Waals surface area contributed by atoms with Crippen molar-refractivity contribution < 1.29 is 17.9 Å². The summed E-state index contributed by atoms with van der Waals surface area (Å²) in [6.45, 7) is 4.85. The number of sulfonamides is 1. The van der Waals surface area contributed by atoms with E-state index in [1.54, 1.807) is 20.8 Å². The second-order valence-corrected chi connectivity index (χ2v) is 4.89. The Balaban J connectivity index is 3.36. The second kappa shape index (κ2) is 4.34. The maximum absolute atomic E-state index is 11.8. The van der Waals surface area contributed by atoms with Crippen molar-refractivity contribution >= 4 is 10.0 Å². The van der Waals surface area contributed by atoms with Gasteiger partial charge in [0.15, 0.2) is 0 Å². The van der Waals surface area contributed by atoms with Crippen LogP contribution in [0.4, 0.5) is 0 Å². The van der Waals surface area contributed by atoms with Crippen LogP contribution in [0, 0.1) is 13.8 Å². The third-order valence-corrected chi connectivity index (χ3v) is 3.83. The molecule has 86 valence electrons. The Morgan fingerprint density at radius 3 is 2.40 bits per heavy atom. The summed E-state index contributed by atoms with van der Waals surface area (Å²) in [5.41, 5.74) is 0.327. The van der Waals surface area contributed by atoms with E-state index in [9.17, 15) is 8.42 Å². The van der Waals surface area contributed by atoms with Crippen LogP contribution in [0.15, 0.2) is 9.31 Å². The van der Waals surface area contributed by atoms with Gasteiger partial charge in [-0.15, -0.1) is 0 Å². The Kier molecular flexibility index (Phi) is 3.54. The molecule has 0 aliphatic carbocycles. The van der Waals surface area contributed by atoms with Crippen LogP contribution in [-0.2, 0) is 16.6 Å². The van der Waals surface area contributed by atoms with E-state index in [0.29, 0.717) is 23.6 Å². The molecule has 0 atom stereocenters. The van der Waals surface area contributed by atoms with Gasteiger partial charge in [0.1, 0.15) is 16.4 Å². The number of hydrogen-bond donors (Lipinski definition) is 2. The van der Waals surface area contributed by atoms with Crippen molar-refractivity contribution in [1.82, 2.24) is 4.72 Å². The average Bonchev–Trinajstić information content (AvgIpc) is 2.40. The molecule has 0 unspecified atom stereocenters. The molecule has 0 aliphatic rings. The summed E-state index contributed by atoms with van der Waals surface area (Å²) in [4.78, 5) is 0.0596. The number of aliphatic hydroxyl groups excluding tert-OH is 1. The first kappa shape index (κ1) is 12.2. The molecule has 0 spiro atoms. The van der Waals surface area contributed by atoms with Crippen molar-refractivity contribution in [3.05, 3.63) is 17.1 Å². The van der Waals surface area contributed by atoms with Crippen molar-refractivity contribution in [2.75, 3.05) is 6.54 Å². The minimum atomic E-state index is -3.57. The number of nitrogens with one attached hydrogen (secondary N) is 1. The van der Waals surface area contributed by atoms with Gasteiger partial charge in [0.25, 0.3) is 0 Å². The summed E-state index contributed by atoms with van der Waals surface area (Å²) in [7, 11) is -3.57. The second-order valence-electron chi connectivity index (χ2n) is 3.18. The first-order valence-electron chi connectivity index (χ1n) is 4.63. The molecular weight excluding hydrogens is 218 g/mol. The predicted molar refractivity (Wildman–Crippen MR) is 55.0 cm³/mol.